The van der Waals surface area contributed by atoms with Gasteiger partial charge >= 0.3 is 0 Å². The average molecular weight is 333 g/mol. The van der Waals surface area contributed by atoms with Gasteiger partial charge in [-0.05, 0) is 38.1 Å². The Morgan fingerprint density at radius 1 is 1.25 bits per heavy atom. The van der Waals surface area contributed by atoms with Crippen LogP contribution in [-0.2, 0) is 4.79 Å². The van der Waals surface area contributed by atoms with Crippen LogP contribution in [0.4, 0.5) is 5.82 Å². The van der Waals surface area contributed by atoms with Gasteiger partial charge in [0.05, 0.1) is 18.3 Å². The van der Waals surface area contributed by atoms with Crippen LogP contribution in [0.3, 0.4) is 0 Å². The molecular formula is C18H31N5O. The van der Waals surface area contributed by atoms with Crippen molar-refractivity contribution in [1.82, 2.24) is 20.4 Å². The van der Waals surface area contributed by atoms with Gasteiger partial charge in [-0.15, -0.1) is 5.10 Å². The van der Waals surface area contributed by atoms with Gasteiger partial charge in [0.25, 0.3) is 0 Å². The second-order valence-electron chi connectivity index (χ2n) is 7.70. The minimum atomic E-state index is 0.0822. The molecule has 0 spiro atoms. The Morgan fingerprint density at radius 3 is 2.46 bits per heavy atom. The highest BCUT2D eigenvalue weighted by atomic mass is 16.2. The highest BCUT2D eigenvalue weighted by molar-refractivity contribution is 5.78. The minimum absolute atomic E-state index is 0.0822. The molecule has 0 radical (unpaired) electrons. The van der Waals surface area contributed by atoms with E-state index in [-0.39, 0.29) is 11.9 Å². The molecule has 6 nitrogen and oxygen atoms in total. The summed E-state index contributed by atoms with van der Waals surface area (Å²) in [5, 5.41) is 11.9. The third kappa shape index (κ3) is 4.66. The van der Waals surface area contributed by atoms with Gasteiger partial charge in [0.2, 0.25) is 5.91 Å². The maximum Gasteiger partial charge on any atom is 0.234 e. The molecule has 2 rings (SSSR count). The molecule has 1 fully saturated rings. The maximum absolute atomic E-state index is 12.1. The molecule has 1 saturated heterocycles. The molecule has 1 aromatic rings. The van der Waals surface area contributed by atoms with Gasteiger partial charge in [-0.1, -0.05) is 27.7 Å². The van der Waals surface area contributed by atoms with E-state index in [1.165, 1.54) is 0 Å². The van der Waals surface area contributed by atoms with E-state index in [1.54, 1.807) is 0 Å². The van der Waals surface area contributed by atoms with Crippen molar-refractivity contribution in [3.63, 3.8) is 0 Å². The molecular weight excluding hydrogens is 302 g/mol. The lowest BCUT2D eigenvalue weighted by molar-refractivity contribution is -0.122. The summed E-state index contributed by atoms with van der Waals surface area (Å²) in [5.74, 6) is 2.28. The first-order valence-electron chi connectivity index (χ1n) is 8.80. The first-order valence-corrected chi connectivity index (χ1v) is 8.80. The number of amides is 1. The predicted molar refractivity (Wildman–Crippen MR) is 97.1 cm³/mol. The zero-order valence-electron chi connectivity index (χ0n) is 15.8. The fourth-order valence-electron chi connectivity index (χ4n) is 3.20. The van der Waals surface area contributed by atoms with E-state index in [4.69, 9.17) is 0 Å². The second-order valence-corrected chi connectivity index (χ2v) is 7.70. The van der Waals surface area contributed by atoms with E-state index in [0.29, 0.717) is 24.3 Å². The molecule has 0 bridgehead atoms. The van der Waals surface area contributed by atoms with Crippen molar-refractivity contribution in [2.45, 2.75) is 39.7 Å². The number of nitrogens with zero attached hydrogens (tertiary/aromatic N) is 4. The number of hydrogen-bond donors (Lipinski definition) is 1. The van der Waals surface area contributed by atoms with Gasteiger partial charge in [0.1, 0.15) is 0 Å². The number of anilines is 1. The van der Waals surface area contributed by atoms with Gasteiger partial charge in [0.15, 0.2) is 5.82 Å². The van der Waals surface area contributed by atoms with Crippen molar-refractivity contribution < 1.29 is 4.79 Å². The van der Waals surface area contributed by atoms with Crippen LogP contribution in [0.2, 0.25) is 0 Å². The molecule has 0 saturated carbocycles. The van der Waals surface area contributed by atoms with Crippen LogP contribution >= 0.6 is 0 Å². The topological polar surface area (TPSA) is 61.4 Å². The van der Waals surface area contributed by atoms with Crippen LogP contribution in [0.15, 0.2) is 12.1 Å². The van der Waals surface area contributed by atoms with Gasteiger partial charge in [-0.3, -0.25) is 4.79 Å². The number of carbonyl (C=O) groups is 1. The summed E-state index contributed by atoms with van der Waals surface area (Å²) in [7, 11) is 3.82. The zero-order chi connectivity index (χ0) is 17.9. The molecule has 1 amide bonds. The van der Waals surface area contributed by atoms with Crippen molar-refractivity contribution in [3.05, 3.63) is 17.8 Å². The Labute approximate surface area is 145 Å². The molecule has 6 heteroatoms. The number of hydrogen-bond acceptors (Lipinski definition) is 5. The number of likely N-dealkylation sites (N-methyl/N-ethyl adjacent to an activating group) is 1. The van der Waals surface area contributed by atoms with Crippen molar-refractivity contribution in [2.24, 2.45) is 11.8 Å². The number of carbonyl (C=O) groups excluding carboxylic acids is 1. The average Bonchev–Trinajstić information content (AvgIpc) is 2.90. The van der Waals surface area contributed by atoms with E-state index >= 15 is 0 Å². The Hall–Kier alpha value is -1.69. The Balaban J connectivity index is 2.07. The lowest BCUT2D eigenvalue weighted by Crippen LogP contribution is -2.45. The third-order valence-electron chi connectivity index (χ3n) is 4.61. The highest BCUT2D eigenvalue weighted by Crippen LogP contribution is 2.28. The lowest BCUT2D eigenvalue weighted by atomic mass is 9.91. The molecule has 1 aromatic heterocycles. The van der Waals surface area contributed by atoms with E-state index < -0.39 is 0 Å². The summed E-state index contributed by atoms with van der Waals surface area (Å²) in [6.07, 6.45) is 0. The second kappa shape index (κ2) is 7.92. The smallest absolute Gasteiger partial charge is 0.234 e. The maximum atomic E-state index is 12.1. The number of rotatable bonds is 6. The standard InChI is InChI=1S/C18H31N5O/c1-12(2)14-9-23(10-16(14)19-18(24)11-22(5)6)17-8-7-15(13(3)4)20-21-17/h7-8,12-14,16H,9-11H2,1-6H3,(H,19,24)/t14-,16+/m1/s1. The Morgan fingerprint density at radius 2 is 1.96 bits per heavy atom. The zero-order valence-corrected chi connectivity index (χ0v) is 15.8. The summed E-state index contributed by atoms with van der Waals surface area (Å²) < 4.78 is 0. The molecule has 0 aliphatic carbocycles. The molecule has 24 heavy (non-hydrogen) atoms. The van der Waals surface area contributed by atoms with Gasteiger partial charge in [-0.2, -0.15) is 5.10 Å². The molecule has 0 unspecified atom stereocenters. The van der Waals surface area contributed by atoms with Crippen LogP contribution in [0, 0.1) is 11.8 Å². The quantitative estimate of drug-likeness (QED) is 0.859. The summed E-state index contributed by atoms with van der Waals surface area (Å²) in [6.45, 7) is 10.8. The molecule has 1 aliphatic rings. The van der Waals surface area contributed by atoms with E-state index in [0.717, 1.165) is 24.6 Å². The summed E-state index contributed by atoms with van der Waals surface area (Å²) in [6, 6.07) is 4.25. The van der Waals surface area contributed by atoms with Crippen molar-refractivity contribution in [1.29, 1.82) is 0 Å². The molecule has 2 atom stereocenters. The van der Waals surface area contributed by atoms with Crippen LogP contribution in [0.1, 0.15) is 39.3 Å². The molecule has 1 aliphatic heterocycles. The fourth-order valence-corrected chi connectivity index (χ4v) is 3.20. The highest BCUT2D eigenvalue weighted by Gasteiger charge is 2.36. The van der Waals surface area contributed by atoms with Crippen molar-refractivity contribution in [2.75, 3.05) is 38.6 Å². The largest absolute Gasteiger partial charge is 0.353 e. The molecule has 134 valence electrons. The number of nitrogens with one attached hydrogen (secondary N) is 1. The Bertz CT molecular complexity index is 541. The van der Waals surface area contributed by atoms with E-state index in [2.05, 4.69) is 54.2 Å². The summed E-state index contributed by atoms with van der Waals surface area (Å²) in [5.41, 5.74) is 1.01. The van der Waals surface area contributed by atoms with Gasteiger partial charge in [-0.25, -0.2) is 0 Å². The minimum Gasteiger partial charge on any atom is -0.353 e. The monoisotopic (exact) mass is 333 g/mol. The SMILES string of the molecule is CC(C)c1ccc(N2C[C@H](NC(=O)CN(C)C)[C@@H](C(C)C)C2)nn1. The third-order valence-corrected chi connectivity index (χ3v) is 4.61. The first-order chi connectivity index (χ1) is 11.3. The van der Waals surface area contributed by atoms with Crippen molar-refractivity contribution >= 4 is 11.7 Å². The van der Waals surface area contributed by atoms with Gasteiger partial charge in [0, 0.05) is 19.0 Å². The van der Waals surface area contributed by atoms with E-state index in [9.17, 15) is 4.79 Å². The fraction of sp³-hybridized carbons (Fsp3) is 0.722. The predicted octanol–water partition coefficient (Wildman–Crippen LogP) is 1.74. The normalized spacial score (nSPS) is 21.1. The first kappa shape index (κ1) is 18.6. The van der Waals surface area contributed by atoms with Crippen molar-refractivity contribution in [3.8, 4) is 0 Å². The van der Waals surface area contributed by atoms with Crippen LogP contribution in [-0.4, -0.2) is 60.8 Å². The van der Waals surface area contributed by atoms with Crippen LogP contribution in [0.5, 0.6) is 0 Å². The summed E-state index contributed by atoms with van der Waals surface area (Å²) >= 11 is 0. The molecule has 2 heterocycles. The number of aromatic nitrogens is 2. The van der Waals surface area contributed by atoms with Crippen LogP contribution < -0.4 is 10.2 Å². The molecule has 1 N–H and O–H groups in total. The lowest BCUT2D eigenvalue weighted by Gasteiger charge is -2.23. The summed E-state index contributed by atoms with van der Waals surface area (Å²) in [4.78, 5) is 16.3. The van der Waals surface area contributed by atoms with Crippen LogP contribution in [0.25, 0.3) is 0 Å². The molecule has 0 aromatic carbocycles. The van der Waals surface area contributed by atoms with E-state index in [1.807, 2.05) is 25.1 Å². The van der Waals surface area contributed by atoms with Gasteiger partial charge < -0.3 is 15.1 Å². The Kier molecular flexibility index (Phi) is 6.15.